The van der Waals surface area contributed by atoms with Gasteiger partial charge in [-0.2, -0.15) is 0 Å². The van der Waals surface area contributed by atoms with Crippen LogP contribution in [0.25, 0.3) is 0 Å². The number of rotatable bonds is 6. The molecule has 1 heterocycles. The van der Waals surface area contributed by atoms with Crippen molar-refractivity contribution >= 4 is 17.4 Å². The van der Waals surface area contributed by atoms with E-state index in [-0.39, 0.29) is 17.0 Å². The zero-order valence-electron chi connectivity index (χ0n) is 14.8. The van der Waals surface area contributed by atoms with Crippen molar-refractivity contribution in [2.75, 3.05) is 19.0 Å². The summed E-state index contributed by atoms with van der Waals surface area (Å²) in [4.78, 5) is 9.00. The average Bonchev–Trinajstić information content (AvgIpc) is 2.54. The second kappa shape index (κ2) is 8.08. The van der Waals surface area contributed by atoms with E-state index in [0.717, 1.165) is 5.69 Å². The molecule has 1 unspecified atom stereocenters. The van der Waals surface area contributed by atoms with Crippen molar-refractivity contribution in [1.29, 1.82) is 0 Å². The van der Waals surface area contributed by atoms with Crippen molar-refractivity contribution in [3.63, 3.8) is 0 Å². The minimum atomic E-state index is -0.898. The van der Waals surface area contributed by atoms with Crippen molar-refractivity contribution in [2.24, 2.45) is 0 Å². The molecule has 1 aromatic heterocycles. The van der Waals surface area contributed by atoms with Crippen LogP contribution in [0.3, 0.4) is 0 Å². The van der Waals surface area contributed by atoms with Crippen LogP contribution < -0.4 is 5.32 Å². The summed E-state index contributed by atoms with van der Waals surface area (Å²) in [5.41, 5.74) is 0.964. The first-order valence-corrected chi connectivity index (χ1v) is 8.32. The summed E-state index contributed by atoms with van der Waals surface area (Å²) in [6.45, 7) is 6.61. The predicted octanol–water partition coefficient (Wildman–Crippen LogP) is 3.86. The van der Waals surface area contributed by atoms with Gasteiger partial charge in [-0.25, -0.2) is 14.4 Å². The maximum atomic E-state index is 13.5. The van der Waals surface area contributed by atoms with E-state index in [0.29, 0.717) is 23.8 Å². The monoisotopic (exact) mass is 367 g/mol. The highest BCUT2D eigenvalue weighted by Gasteiger charge is 2.19. The number of hydrogen-bond donors (Lipinski definition) is 2. The Labute approximate surface area is 152 Å². The molecule has 0 saturated heterocycles. The molecule has 1 atom stereocenters. The Balaban J connectivity index is 2.15. The van der Waals surface area contributed by atoms with Crippen LogP contribution in [0.4, 0.5) is 10.2 Å². The number of nitrogens with zero attached hydrogens (tertiary/aromatic N) is 2. The molecule has 2 rings (SSSR count). The van der Waals surface area contributed by atoms with Gasteiger partial charge in [0.1, 0.15) is 17.5 Å². The number of hydrogen-bond acceptors (Lipinski definition) is 5. The van der Waals surface area contributed by atoms with Gasteiger partial charge < -0.3 is 15.2 Å². The zero-order chi connectivity index (χ0) is 18.6. The van der Waals surface area contributed by atoms with Gasteiger partial charge >= 0.3 is 0 Å². The fourth-order valence-electron chi connectivity index (χ4n) is 2.18. The van der Waals surface area contributed by atoms with Gasteiger partial charge in [0, 0.05) is 25.1 Å². The lowest BCUT2D eigenvalue weighted by atomic mass is 9.95. The van der Waals surface area contributed by atoms with Gasteiger partial charge in [0.2, 0.25) is 0 Å². The Bertz CT molecular complexity index is 735. The van der Waals surface area contributed by atoms with Crippen LogP contribution in [0, 0.1) is 5.82 Å². The van der Waals surface area contributed by atoms with E-state index in [1.165, 1.54) is 12.1 Å². The zero-order valence-corrected chi connectivity index (χ0v) is 15.6. The third kappa shape index (κ3) is 5.36. The largest absolute Gasteiger partial charge is 0.387 e. The van der Waals surface area contributed by atoms with Crippen LogP contribution in [0.15, 0.2) is 24.3 Å². The molecule has 0 amide bonds. The maximum Gasteiger partial charge on any atom is 0.142 e. The Morgan fingerprint density at radius 3 is 2.60 bits per heavy atom. The highest BCUT2D eigenvalue weighted by atomic mass is 35.5. The van der Waals surface area contributed by atoms with Gasteiger partial charge in [-0.05, 0) is 17.7 Å². The Morgan fingerprint density at radius 1 is 1.28 bits per heavy atom. The van der Waals surface area contributed by atoms with Crippen LogP contribution in [-0.4, -0.2) is 28.7 Å². The molecule has 0 aliphatic heterocycles. The second-order valence-electron chi connectivity index (χ2n) is 6.82. The number of aliphatic hydroxyl groups is 1. The highest BCUT2D eigenvalue weighted by molar-refractivity contribution is 6.30. The van der Waals surface area contributed by atoms with Crippen LogP contribution in [0.5, 0.6) is 0 Å². The molecule has 2 N–H and O–H groups in total. The molecule has 0 fully saturated rings. The molecule has 0 radical (unpaired) electrons. The lowest BCUT2D eigenvalue weighted by molar-refractivity contribution is 0.181. The summed E-state index contributed by atoms with van der Waals surface area (Å²) in [5.74, 6) is 0.703. The van der Waals surface area contributed by atoms with E-state index >= 15 is 0 Å². The number of methoxy groups -OCH3 is 1. The van der Waals surface area contributed by atoms with Gasteiger partial charge in [0.25, 0.3) is 0 Å². The van der Waals surface area contributed by atoms with Crippen molar-refractivity contribution < 1.29 is 14.2 Å². The van der Waals surface area contributed by atoms with Crippen LogP contribution in [0.1, 0.15) is 44.0 Å². The van der Waals surface area contributed by atoms with Crippen LogP contribution in [0.2, 0.25) is 5.02 Å². The minimum Gasteiger partial charge on any atom is -0.387 e. The molecule has 7 heteroatoms. The predicted molar refractivity (Wildman–Crippen MR) is 96.3 cm³/mol. The Kier molecular flexibility index (Phi) is 6.32. The summed E-state index contributed by atoms with van der Waals surface area (Å²) >= 11 is 5.66. The van der Waals surface area contributed by atoms with E-state index in [2.05, 4.69) is 15.3 Å². The SMILES string of the molecule is COCc1cc(NCC(O)c2ccc(Cl)c(F)c2)nc(C(C)(C)C)n1. The van der Waals surface area contributed by atoms with E-state index in [9.17, 15) is 9.50 Å². The summed E-state index contributed by atoms with van der Waals surface area (Å²) in [5, 5.41) is 13.4. The van der Waals surface area contributed by atoms with Gasteiger partial charge in [0.15, 0.2) is 0 Å². The number of nitrogens with one attached hydrogen (secondary N) is 1. The quantitative estimate of drug-likeness (QED) is 0.811. The van der Waals surface area contributed by atoms with Crippen molar-refractivity contribution in [3.05, 3.63) is 52.2 Å². The van der Waals surface area contributed by atoms with Crippen molar-refractivity contribution in [2.45, 2.75) is 38.9 Å². The van der Waals surface area contributed by atoms with Crippen molar-refractivity contribution in [3.8, 4) is 0 Å². The molecule has 136 valence electrons. The molecular formula is C18H23ClFN3O2. The Morgan fingerprint density at radius 2 is 2.00 bits per heavy atom. The lowest BCUT2D eigenvalue weighted by Gasteiger charge is -2.19. The molecule has 0 spiro atoms. The number of aromatic nitrogens is 2. The average molecular weight is 368 g/mol. The minimum absolute atomic E-state index is 0.0266. The molecule has 0 aliphatic rings. The van der Waals surface area contributed by atoms with Crippen LogP contribution >= 0.6 is 11.6 Å². The number of benzene rings is 1. The molecule has 25 heavy (non-hydrogen) atoms. The van der Waals surface area contributed by atoms with Gasteiger partial charge in [-0.15, -0.1) is 0 Å². The fraction of sp³-hybridized carbons (Fsp3) is 0.444. The summed E-state index contributed by atoms with van der Waals surface area (Å²) in [6, 6.07) is 6.02. The topological polar surface area (TPSA) is 67.3 Å². The Hall–Kier alpha value is -1.76. The lowest BCUT2D eigenvalue weighted by Crippen LogP contribution is -2.20. The number of ether oxygens (including phenoxy) is 1. The summed E-state index contributed by atoms with van der Waals surface area (Å²) in [7, 11) is 1.60. The second-order valence-corrected chi connectivity index (χ2v) is 7.23. The summed E-state index contributed by atoms with van der Waals surface area (Å²) in [6.07, 6.45) is -0.898. The van der Waals surface area contributed by atoms with E-state index in [4.69, 9.17) is 16.3 Å². The van der Waals surface area contributed by atoms with Gasteiger partial charge in [0.05, 0.1) is 23.4 Å². The maximum absolute atomic E-state index is 13.5. The normalized spacial score (nSPS) is 12.9. The van der Waals surface area contributed by atoms with Crippen LogP contribution in [-0.2, 0) is 16.8 Å². The van der Waals surface area contributed by atoms with E-state index in [1.54, 1.807) is 19.2 Å². The fourth-order valence-corrected chi connectivity index (χ4v) is 2.30. The highest BCUT2D eigenvalue weighted by Crippen LogP contribution is 2.23. The van der Waals surface area contributed by atoms with Gasteiger partial charge in [-0.3, -0.25) is 0 Å². The molecular weight excluding hydrogens is 345 g/mol. The first-order valence-electron chi connectivity index (χ1n) is 7.95. The molecule has 5 nitrogen and oxygen atoms in total. The summed E-state index contributed by atoms with van der Waals surface area (Å²) < 4.78 is 18.7. The molecule has 0 bridgehead atoms. The number of halogens is 2. The van der Waals surface area contributed by atoms with E-state index in [1.807, 2.05) is 20.8 Å². The third-order valence-electron chi connectivity index (χ3n) is 3.55. The van der Waals surface area contributed by atoms with Gasteiger partial charge in [-0.1, -0.05) is 38.4 Å². The molecule has 2 aromatic rings. The number of anilines is 1. The first-order chi connectivity index (χ1) is 11.7. The molecule has 0 saturated carbocycles. The van der Waals surface area contributed by atoms with E-state index < -0.39 is 11.9 Å². The first kappa shape index (κ1) is 19.6. The smallest absolute Gasteiger partial charge is 0.142 e. The standard InChI is InChI=1S/C18H23ClFN3O2/c1-18(2,3)17-22-12(10-25-4)8-16(23-17)21-9-15(24)11-5-6-13(19)14(20)7-11/h5-8,15,24H,9-10H2,1-4H3,(H,21,22,23). The van der Waals surface area contributed by atoms with Crippen molar-refractivity contribution in [1.82, 2.24) is 9.97 Å². The third-order valence-corrected chi connectivity index (χ3v) is 3.85. The molecule has 0 aliphatic carbocycles. The number of aliphatic hydroxyl groups excluding tert-OH is 1. The molecule has 1 aromatic carbocycles.